The molecule has 0 unspecified atom stereocenters. The highest BCUT2D eigenvalue weighted by atomic mass is 32.2. The number of pyridine rings is 2. The number of aromatic nitrogens is 8. The lowest BCUT2D eigenvalue weighted by Gasteiger charge is -2.26. The van der Waals surface area contributed by atoms with E-state index in [1.165, 1.54) is 41.9 Å². The van der Waals surface area contributed by atoms with Crippen LogP contribution < -0.4 is 52.3 Å². The van der Waals surface area contributed by atoms with Gasteiger partial charge in [-0.1, -0.05) is 180 Å². The zero-order valence-corrected chi connectivity index (χ0v) is 70.1. The van der Waals surface area contributed by atoms with Crippen molar-refractivity contribution in [3.05, 3.63) is 300 Å². The highest BCUT2D eigenvalue weighted by Crippen LogP contribution is 2.47. The van der Waals surface area contributed by atoms with Crippen LogP contribution in [0.1, 0.15) is 122 Å². The molecule has 4 aromatic heterocycles. The van der Waals surface area contributed by atoms with E-state index in [-0.39, 0.29) is 102 Å². The van der Waals surface area contributed by atoms with E-state index in [9.17, 15) is 40.8 Å². The van der Waals surface area contributed by atoms with Crippen molar-refractivity contribution in [2.24, 2.45) is 14.1 Å². The van der Waals surface area contributed by atoms with Crippen molar-refractivity contribution in [3.63, 3.8) is 0 Å². The Balaban J connectivity index is 0.00000106. The van der Waals surface area contributed by atoms with Crippen molar-refractivity contribution in [2.45, 2.75) is 67.2 Å². The van der Waals surface area contributed by atoms with Crippen molar-refractivity contribution in [1.82, 2.24) is 39.0 Å². The molecule has 613 valence electrons. The SMILES string of the molecule is CC.CC.CC.COS(=O)(=O)c1ccc(Nc2nc(N[B]Nc3nc(Nc4ccc(C)c(Nc5ccc6c7c5C(=O)c5ccccc5-c7c(C(=O)c5cccc(C)c5)c(=O)n6C)c4)nc(Oc4ccccc4)n3)nc(Oc3ccccc3)n2)cc1Nc1ccc2c3c1C(=O)c1ccccc1-c3c(C(=O)c1cccc(C)c1)c(=O)n2C.COS(C)(=O)=O. The molecule has 0 fully saturated rings. The van der Waals surface area contributed by atoms with Crippen LogP contribution in [-0.4, -0.2) is 107 Å². The first-order valence-corrected chi connectivity index (χ1v) is 41.7. The molecule has 0 bridgehead atoms. The Labute approximate surface area is 699 Å². The van der Waals surface area contributed by atoms with Crippen LogP contribution in [0.5, 0.6) is 23.5 Å². The minimum absolute atomic E-state index is 0.0249. The van der Waals surface area contributed by atoms with Gasteiger partial charge in [0, 0.05) is 75.3 Å². The molecule has 121 heavy (non-hydrogen) atoms. The van der Waals surface area contributed by atoms with E-state index in [2.05, 4.69) is 60.8 Å². The van der Waals surface area contributed by atoms with E-state index in [4.69, 9.17) is 18.6 Å². The Morgan fingerprint density at radius 3 is 1.20 bits per heavy atom. The minimum atomic E-state index is -4.48. The molecule has 0 atom stereocenters. The van der Waals surface area contributed by atoms with Crippen LogP contribution in [0.4, 0.5) is 57.9 Å². The molecule has 0 spiro atoms. The number of nitrogens with zero attached hydrogens (tertiary/aromatic N) is 8. The van der Waals surface area contributed by atoms with Gasteiger partial charge in [0.05, 0.1) is 70.8 Å². The maximum Gasteiger partial charge on any atom is 0.390 e. The van der Waals surface area contributed by atoms with Gasteiger partial charge in [0.15, 0.2) is 23.1 Å². The van der Waals surface area contributed by atoms with Gasteiger partial charge < -0.3 is 50.3 Å². The molecule has 2 aliphatic rings. The number of fused-ring (bicyclic) bond motifs is 4. The second-order valence-corrected chi connectivity index (χ2v) is 30.1. The maximum atomic E-state index is 15.0. The van der Waals surface area contributed by atoms with Crippen LogP contribution in [-0.2, 0) is 42.7 Å². The fourth-order valence-corrected chi connectivity index (χ4v) is 14.4. The topological polar surface area (TPSA) is 367 Å². The van der Waals surface area contributed by atoms with Gasteiger partial charge in [-0.3, -0.25) is 37.1 Å². The number of para-hydroxylation sites is 2. The van der Waals surface area contributed by atoms with Gasteiger partial charge in [-0.2, -0.15) is 46.7 Å². The van der Waals surface area contributed by atoms with Gasteiger partial charge in [-0.25, -0.2) is 0 Å². The molecule has 0 aliphatic heterocycles. The summed E-state index contributed by atoms with van der Waals surface area (Å²) >= 11 is 0. The van der Waals surface area contributed by atoms with Crippen molar-refractivity contribution in [3.8, 4) is 45.8 Å². The van der Waals surface area contributed by atoms with E-state index in [0.717, 1.165) is 37.2 Å². The summed E-state index contributed by atoms with van der Waals surface area (Å²) in [6.45, 7) is 17.6. The third-order valence-electron chi connectivity index (χ3n) is 19.1. The van der Waals surface area contributed by atoms with Crippen LogP contribution in [0.25, 0.3) is 44.1 Å². The number of nitrogens with one attached hydrogen (secondary N) is 6. The van der Waals surface area contributed by atoms with Gasteiger partial charge in [0.25, 0.3) is 31.4 Å². The molecule has 0 saturated carbocycles. The highest BCUT2D eigenvalue weighted by molar-refractivity contribution is 7.87. The zero-order valence-electron chi connectivity index (χ0n) is 68.5. The zero-order chi connectivity index (χ0) is 86.7. The maximum absolute atomic E-state index is 15.0. The number of aryl methyl sites for hydroxylation is 5. The van der Waals surface area contributed by atoms with Gasteiger partial charge >= 0.3 is 19.6 Å². The quantitative estimate of drug-likeness (QED) is 0.0197. The largest absolute Gasteiger partial charge is 0.424 e. The number of carbonyl (C=O) groups is 4. The summed E-state index contributed by atoms with van der Waals surface area (Å²) in [4.78, 5) is 115. The van der Waals surface area contributed by atoms with Crippen LogP contribution in [0, 0.1) is 20.8 Å². The fourth-order valence-electron chi connectivity index (χ4n) is 13.6. The van der Waals surface area contributed by atoms with Crippen molar-refractivity contribution < 1.29 is 53.9 Å². The molecule has 10 aromatic carbocycles. The van der Waals surface area contributed by atoms with Crippen LogP contribution in [0.15, 0.2) is 233 Å². The van der Waals surface area contributed by atoms with Gasteiger partial charge in [-0.05, 0) is 128 Å². The van der Waals surface area contributed by atoms with Gasteiger partial charge in [0.2, 0.25) is 23.8 Å². The number of hydrogen-bond acceptors (Lipinski definition) is 26. The summed E-state index contributed by atoms with van der Waals surface area (Å²) in [5.41, 5.74) is 6.92. The molecule has 31 heteroatoms. The Bertz CT molecular complexity index is 6780. The Kier molecular flexibility index (Phi) is 26.3. The van der Waals surface area contributed by atoms with E-state index < -0.39 is 48.7 Å². The normalized spacial score (nSPS) is 11.4. The minimum Gasteiger partial charge on any atom is -0.424 e. The predicted octanol–water partition coefficient (Wildman–Crippen LogP) is 17.2. The number of ether oxygens (including phenoxy) is 2. The number of benzene rings is 10. The Hall–Kier alpha value is -14.4. The molecule has 0 amide bonds. The van der Waals surface area contributed by atoms with Crippen molar-refractivity contribution in [1.29, 1.82) is 0 Å². The Morgan fingerprint density at radius 1 is 0.397 bits per heavy atom. The molecule has 28 nitrogen and oxygen atoms in total. The number of rotatable bonds is 23. The monoisotopic (exact) mass is 1660 g/mol. The summed E-state index contributed by atoms with van der Waals surface area (Å²) in [6, 6.07) is 61.4. The van der Waals surface area contributed by atoms with E-state index in [1.807, 2.05) is 105 Å². The summed E-state index contributed by atoms with van der Waals surface area (Å²) in [5.74, 6) is -1.11. The fraction of sp³-hybridized carbons (Fsp3) is 0.156. The van der Waals surface area contributed by atoms with E-state index >= 15 is 4.79 Å². The molecular formula is C90H84BN14O14S2. The number of hydrogen-bond donors (Lipinski definition) is 6. The summed E-state index contributed by atoms with van der Waals surface area (Å²) in [7, 11) is -1.04. The summed E-state index contributed by atoms with van der Waals surface area (Å²) < 4.78 is 71.3. The van der Waals surface area contributed by atoms with Crippen LogP contribution in [0.2, 0.25) is 0 Å². The number of ketones is 4. The smallest absolute Gasteiger partial charge is 0.390 e. The molecular weight excluding hydrogens is 1580 g/mol. The average Bonchev–Trinajstić information content (AvgIpc) is 0.710. The second kappa shape index (κ2) is 37.0. The molecule has 16 rings (SSSR count). The molecule has 1 radical (unpaired) electrons. The molecule has 0 saturated heterocycles. The average molecular weight is 1660 g/mol. The third-order valence-corrected chi connectivity index (χ3v) is 21.0. The molecule has 2 aliphatic carbocycles. The molecule has 14 aromatic rings. The lowest BCUT2D eigenvalue weighted by Crippen LogP contribution is -2.29. The lowest BCUT2D eigenvalue weighted by atomic mass is 9.80. The van der Waals surface area contributed by atoms with Gasteiger partial charge in [-0.15, -0.1) is 0 Å². The van der Waals surface area contributed by atoms with Crippen LogP contribution in [0.3, 0.4) is 0 Å². The second-order valence-electron chi connectivity index (χ2n) is 26.7. The van der Waals surface area contributed by atoms with Crippen LogP contribution >= 0.6 is 0 Å². The first-order valence-electron chi connectivity index (χ1n) is 38.4. The standard InChI is InChI=1S/C82H60BN14O11S.C2H6O3S.3C2H6/c1-43-19-17-21-46(39-43)71(98)69-63-52-27-13-15-29-54(52)73(100)65-56(34-36-60(67(63)65)96(4)75(69)102)86-58-41-48(32-31-45(58)3)84-77-88-79(92-81(90-77)107-50-23-9-7-10-24-50)94-83-95-80-89-78(91-82(93-80)108-51-25-11-8-12-26-51)85-49-33-38-62(109(104,105)106-6)59(42-49)87-57-35-37-61-68-64(53-28-14-16-30-55(53)74(101)66(57)68)70(76(103)97(61)5)72(99)47-22-18-20-44(2)40-47;1-5-6(2,3)4;3*1-2/h7-42,86-87H,1-6H3,(H2,84,88,90,92,94)(H2,85,89,91,93,95);1-2H3;3*1-2H3. The van der Waals surface area contributed by atoms with E-state index in [1.54, 1.807) is 165 Å². The van der Waals surface area contributed by atoms with Crippen molar-refractivity contribution >= 4 is 131 Å². The highest BCUT2D eigenvalue weighted by Gasteiger charge is 2.37. The summed E-state index contributed by atoms with van der Waals surface area (Å²) in [5, 5.41) is 20.0. The summed E-state index contributed by atoms with van der Waals surface area (Å²) in [6.07, 6.45) is 0.993. The molecule has 6 N–H and O–H groups in total. The number of anilines is 10. The lowest BCUT2D eigenvalue weighted by molar-refractivity contribution is 0.102. The third kappa shape index (κ3) is 18.2. The number of carbonyl (C=O) groups excluding carboxylic acids is 4. The Morgan fingerprint density at radius 2 is 0.785 bits per heavy atom. The first-order chi connectivity index (χ1) is 58.3. The van der Waals surface area contributed by atoms with Gasteiger partial charge in [0.1, 0.15) is 16.4 Å². The van der Waals surface area contributed by atoms with Crippen molar-refractivity contribution in [2.75, 3.05) is 52.2 Å². The first kappa shape index (κ1) is 86.0. The van der Waals surface area contributed by atoms with E-state index in [0.29, 0.717) is 78.2 Å². The predicted molar refractivity (Wildman–Crippen MR) is 472 cm³/mol. The molecule has 4 heterocycles.